The summed E-state index contributed by atoms with van der Waals surface area (Å²) in [6, 6.07) is 8.32. The Morgan fingerprint density at radius 2 is 2.17 bits per heavy atom. The van der Waals surface area contributed by atoms with Gasteiger partial charge in [-0.15, -0.1) is 0 Å². The number of carbonyl (C=O) groups is 2. The van der Waals surface area contributed by atoms with E-state index >= 15 is 0 Å². The minimum absolute atomic E-state index is 0.277. The minimum Gasteiger partial charge on any atom is -0.337 e. The number of aromatic nitrogens is 3. The fourth-order valence-electron chi connectivity index (χ4n) is 4.31. The van der Waals surface area contributed by atoms with E-state index in [1.807, 2.05) is 4.57 Å². The van der Waals surface area contributed by atoms with Gasteiger partial charge in [0.05, 0.1) is 22.1 Å². The van der Waals surface area contributed by atoms with Gasteiger partial charge >= 0.3 is 0 Å². The predicted octanol–water partition coefficient (Wildman–Crippen LogP) is 4.32. The first-order chi connectivity index (χ1) is 19.3. The van der Waals surface area contributed by atoms with Crippen LogP contribution in [0.1, 0.15) is 49.6 Å². The highest BCUT2D eigenvalue weighted by Gasteiger charge is 2.27. The van der Waals surface area contributed by atoms with Crippen molar-refractivity contribution in [2.45, 2.75) is 32.2 Å². The van der Waals surface area contributed by atoms with Crippen LogP contribution in [0.3, 0.4) is 0 Å². The van der Waals surface area contributed by atoms with Gasteiger partial charge in [-0.25, -0.2) is 4.98 Å². The van der Waals surface area contributed by atoms with Crippen molar-refractivity contribution in [2.24, 2.45) is 0 Å². The third-order valence-electron chi connectivity index (χ3n) is 5.92. The molecule has 2 aromatic heterocycles. The van der Waals surface area contributed by atoms with Crippen LogP contribution in [-0.2, 0) is 4.79 Å². The number of nitrogens with zero attached hydrogens (tertiary/aromatic N) is 5. The highest BCUT2D eigenvalue weighted by molar-refractivity contribution is 6.35. The van der Waals surface area contributed by atoms with Crippen molar-refractivity contribution in [2.75, 3.05) is 38.9 Å². The normalized spacial score (nSPS) is 20.0. The molecule has 184 valence electrons. The number of imidazole rings is 1. The summed E-state index contributed by atoms with van der Waals surface area (Å²) >= 11 is 6.61. The number of hydrogen-bond donors (Lipinski definition) is 1. The van der Waals surface area contributed by atoms with Crippen molar-refractivity contribution in [1.82, 2.24) is 24.3 Å². The largest absolute Gasteiger partial charge is 0.337 e. The molecule has 1 aliphatic heterocycles. The Kier molecular flexibility index (Phi) is 5.69. The van der Waals surface area contributed by atoms with Gasteiger partial charge in [-0.2, -0.15) is 0 Å². The van der Waals surface area contributed by atoms with E-state index in [1.54, 1.807) is 48.4 Å². The molecule has 9 heteroatoms. The molecule has 1 aliphatic rings. The number of nitrogens with one attached hydrogen (secondary N) is 1. The van der Waals surface area contributed by atoms with Crippen LogP contribution in [0.5, 0.6) is 0 Å². The number of para-hydroxylation sites is 1. The number of fused-ring (bicyclic) bond motifs is 1. The van der Waals surface area contributed by atoms with Gasteiger partial charge in [-0.1, -0.05) is 23.7 Å². The van der Waals surface area contributed by atoms with Crippen molar-refractivity contribution in [3.05, 3.63) is 65.0 Å². The van der Waals surface area contributed by atoms with Gasteiger partial charge in [0.2, 0.25) is 11.9 Å². The van der Waals surface area contributed by atoms with Crippen molar-refractivity contribution in [1.29, 1.82) is 0 Å². The predicted molar refractivity (Wildman–Crippen MR) is 139 cm³/mol. The van der Waals surface area contributed by atoms with Gasteiger partial charge in [0.25, 0.3) is 5.91 Å². The molecule has 0 saturated carbocycles. The summed E-state index contributed by atoms with van der Waals surface area (Å²) in [7, 11) is 0. The summed E-state index contributed by atoms with van der Waals surface area (Å²) < 4.78 is 46.8. The first-order valence-electron chi connectivity index (χ1n) is 14.4. The third-order valence-corrected chi connectivity index (χ3v) is 6.22. The molecular weight excluding hydrogens is 464 g/mol. The SMILES string of the molecule is [2H]C([2H])([2H])N(C/C=C/C(=O)N1CCCC[C@@H](n2c(NC(=O)c3ccnc(C)c3)nc3cccc(Cl)c32)C1)C([2H])([2H])[2H]. The van der Waals surface area contributed by atoms with Crippen molar-refractivity contribution >= 4 is 40.4 Å². The fourth-order valence-corrected chi connectivity index (χ4v) is 4.57. The van der Waals surface area contributed by atoms with Crippen LogP contribution in [-0.4, -0.2) is 69.7 Å². The molecule has 1 N–H and O–H groups in total. The zero-order valence-electron chi connectivity index (χ0n) is 25.4. The van der Waals surface area contributed by atoms with Crippen molar-refractivity contribution < 1.29 is 17.8 Å². The van der Waals surface area contributed by atoms with Gasteiger partial charge in [0.1, 0.15) is 0 Å². The maximum absolute atomic E-state index is 13.2. The first-order valence-corrected chi connectivity index (χ1v) is 11.8. The zero-order chi connectivity index (χ0) is 29.9. The molecule has 3 heterocycles. The van der Waals surface area contributed by atoms with E-state index in [-0.39, 0.29) is 24.4 Å². The van der Waals surface area contributed by atoms with E-state index < -0.39 is 20.5 Å². The van der Waals surface area contributed by atoms with Crippen molar-refractivity contribution in [3.8, 4) is 0 Å². The second kappa shape index (κ2) is 11.0. The zero-order valence-corrected chi connectivity index (χ0v) is 20.1. The van der Waals surface area contributed by atoms with E-state index in [2.05, 4.69) is 15.3 Å². The van der Waals surface area contributed by atoms with Crippen LogP contribution in [0.2, 0.25) is 5.02 Å². The average molecular weight is 501 g/mol. The van der Waals surface area contributed by atoms with Crippen LogP contribution in [0.4, 0.5) is 5.95 Å². The molecule has 0 unspecified atom stereocenters. The smallest absolute Gasteiger partial charge is 0.258 e. The van der Waals surface area contributed by atoms with E-state index in [1.165, 1.54) is 12.2 Å². The number of aryl methyl sites for hydroxylation is 1. The second-order valence-electron chi connectivity index (χ2n) is 8.50. The number of pyridine rings is 1. The van der Waals surface area contributed by atoms with Crippen LogP contribution >= 0.6 is 11.6 Å². The summed E-state index contributed by atoms with van der Waals surface area (Å²) in [6.45, 7) is -3.60. The van der Waals surface area contributed by atoms with Gasteiger partial charge in [-0.05, 0) is 64.4 Å². The summed E-state index contributed by atoms with van der Waals surface area (Å²) in [6.07, 6.45) is 6.23. The van der Waals surface area contributed by atoms with E-state index in [4.69, 9.17) is 19.8 Å². The molecule has 1 aromatic carbocycles. The summed E-state index contributed by atoms with van der Waals surface area (Å²) in [5, 5.41) is 3.36. The molecule has 2 amide bonds. The second-order valence-corrected chi connectivity index (χ2v) is 8.91. The first kappa shape index (κ1) is 18.1. The number of likely N-dealkylation sites (tertiary alicyclic amines) is 1. The number of rotatable bonds is 6. The van der Waals surface area contributed by atoms with E-state index in [0.29, 0.717) is 51.1 Å². The highest BCUT2D eigenvalue weighted by Crippen LogP contribution is 2.34. The van der Waals surface area contributed by atoms with E-state index in [0.717, 1.165) is 12.8 Å². The monoisotopic (exact) mass is 500 g/mol. The van der Waals surface area contributed by atoms with Crippen LogP contribution in [0.25, 0.3) is 11.0 Å². The van der Waals surface area contributed by atoms with Crippen molar-refractivity contribution in [3.63, 3.8) is 0 Å². The maximum atomic E-state index is 13.2. The number of amides is 2. The number of hydrogen-bond acceptors (Lipinski definition) is 5. The number of likely N-dealkylation sites (N-methyl/N-ethyl adjacent to an activating group) is 1. The van der Waals surface area contributed by atoms with Gasteiger partial charge in [0, 0.05) is 51.4 Å². The molecule has 1 fully saturated rings. The molecule has 4 rings (SSSR count). The molecule has 1 atom stereocenters. The molecule has 0 aliphatic carbocycles. The Bertz CT molecular complexity index is 1440. The summed E-state index contributed by atoms with van der Waals surface area (Å²) in [4.78, 5) is 37.1. The molecule has 0 radical (unpaired) electrons. The molecule has 3 aromatic rings. The Balaban J connectivity index is 1.61. The Morgan fingerprint density at radius 3 is 2.97 bits per heavy atom. The van der Waals surface area contributed by atoms with Crippen LogP contribution < -0.4 is 5.32 Å². The van der Waals surface area contributed by atoms with Gasteiger partial charge < -0.3 is 14.4 Å². The van der Waals surface area contributed by atoms with Crippen LogP contribution in [0.15, 0.2) is 48.7 Å². The lowest BCUT2D eigenvalue weighted by Crippen LogP contribution is -2.34. The third kappa shape index (κ3) is 5.89. The summed E-state index contributed by atoms with van der Waals surface area (Å²) in [5.74, 6) is -0.435. The van der Waals surface area contributed by atoms with Crippen LogP contribution in [0, 0.1) is 6.92 Å². The number of halogens is 1. The quantitative estimate of drug-likeness (QED) is 0.510. The van der Waals surface area contributed by atoms with Gasteiger partial charge in [-0.3, -0.25) is 19.9 Å². The molecular formula is C26H31ClN6O2. The lowest BCUT2D eigenvalue weighted by Gasteiger charge is -2.26. The molecule has 0 bridgehead atoms. The fraction of sp³-hybridized carbons (Fsp3) is 0.385. The molecule has 0 spiro atoms. The van der Waals surface area contributed by atoms with Gasteiger partial charge in [0.15, 0.2) is 0 Å². The van der Waals surface area contributed by atoms with E-state index in [9.17, 15) is 9.59 Å². The summed E-state index contributed by atoms with van der Waals surface area (Å²) in [5.41, 5.74) is 2.35. The maximum Gasteiger partial charge on any atom is 0.258 e. The standard InChI is InChI=1S/C26H31ClN6O2/c1-18-16-19(12-13-28-18)25(35)30-26-29-22-10-6-9-21(27)24(22)33(26)20-8-4-5-15-32(17-20)23(34)11-7-14-31(2)3/h6-7,9-13,16,20H,4-5,8,14-15,17H2,1-3H3,(H,29,30,35)/b11-7+/t20-/m1/s1/i2D3,3D3. The number of anilines is 1. The molecule has 1 saturated heterocycles. The Morgan fingerprint density at radius 1 is 1.31 bits per heavy atom. The lowest BCUT2D eigenvalue weighted by molar-refractivity contribution is -0.126. The Hall–Kier alpha value is -3.23. The number of benzene rings is 1. The minimum atomic E-state index is -2.84. The topological polar surface area (TPSA) is 83.4 Å². The number of carbonyl (C=O) groups excluding carboxylic acids is 2. The Labute approximate surface area is 219 Å². The average Bonchev–Trinajstić information content (AvgIpc) is 3.07. The molecule has 8 nitrogen and oxygen atoms in total. The lowest BCUT2D eigenvalue weighted by atomic mass is 10.1. The highest BCUT2D eigenvalue weighted by atomic mass is 35.5. The molecule has 35 heavy (non-hydrogen) atoms.